The second-order valence-corrected chi connectivity index (χ2v) is 8.54. The Balaban J connectivity index is 2.41. The van der Waals surface area contributed by atoms with Crippen LogP contribution in [-0.4, -0.2) is 55.5 Å². The minimum Gasteiger partial charge on any atom is -0.445 e. The highest BCUT2D eigenvalue weighted by molar-refractivity contribution is 5.96. The third-order valence-corrected chi connectivity index (χ3v) is 5.55. The van der Waals surface area contributed by atoms with E-state index in [0.717, 1.165) is 31.4 Å². The van der Waals surface area contributed by atoms with E-state index in [4.69, 9.17) is 4.74 Å². The minimum absolute atomic E-state index is 0.0842. The van der Waals surface area contributed by atoms with Crippen LogP contribution in [0.4, 0.5) is 10.5 Å². The Bertz CT molecular complexity index is 721. The lowest BCUT2D eigenvalue weighted by Gasteiger charge is -2.27. The van der Waals surface area contributed by atoms with Gasteiger partial charge in [-0.25, -0.2) is 4.79 Å². The molecule has 32 heavy (non-hydrogen) atoms. The highest BCUT2D eigenvalue weighted by Crippen LogP contribution is 2.13. The molecule has 1 unspecified atom stereocenters. The summed E-state index contributed by atoms with van der Waals surface area (Å²) in [5, 5.41) is 8.60. The Hall–Kier alpha value is -2.61. The average Bonchev–Trinajstić information content (AvgIpc) is 2.76. The van der Waals surface area contributed by atoms with Gasteiger partial charge in [0.05, 0.1) is 0 Å². The average molecular weight is 449 g/mol. The van der Waals surface area contributed by atoms with Crippen molar-refractivity contribution in [2.24, 2.45) is 5.92 Å². The summed E-state index contributed by atoms with van der Waals surface area (Å²) in [6.45, 7) is 8.86. The van der Waals surface area contributed by atoms with E-state index < -0.39 is 6.04 Å². The van der Waals surface area contributed by atoms with Gasteiger partial charge >= 0.3 is 6.09 Å². The van der Waals surface area contributed by atoms with Crippen LogP contribution < -0.4 is 16.0 Å². The predicted molar refractivity (Wildman–Crippen MR) is 127 cm³/mol. The van der Waals surface area contributed by atoms with E-state index in [1.54, 1.807) is 43.1 Å². The Labute approximate surface area is 192 Å². The number of anilines is 1. The molecule has 8 heteroatoms. The summed E-state index contributed by atoms with van der Waals surface area (Å²) in [5.41, 5.74) is 1.44. The number of hydrogen-bond donors (Lipinski definition) is 3. The van der Waals surface area contributed by atoms with Gasteiger partial charge in [0.25, 0.3) is 0 Å². The van der Waals surface area contributed by atoms with Crippen molar-refractivity contribution in [1.82, 2.24) is 15.5 Å². The smallest absolute Gasteiger partial charge is 0.410 e. The van der Waals surface area contributed by atoms with E-state index in [9.17, 15) is 14.4 Å². The predicted octanol–water partition coefficient (Wildman–Crippen LogP) is 3.52. The van der Waals surface area contributed by atoms with Crippen molar-refractivity contribution in [3.8, 4) is 0 Å². The van der Waals surface area contributed by atoms with Gasteiger partial charge in [-0.1, -0.05) is 32.4 Å². The molecule has 2 atom stereocenters. The molecule has 0 saturated heterocycles. The maximum absolute atomic E-state index is 12.3. The van der Waals surface area contributed by atoms with Crippen LogP contribution in [0.25, 0.3) is 0 Å². The lowest BCUT2D eigenvalue weighted by Crippen LogP contribution is -2.41. The minimum atomic E-state index is -0.626. The molecule has 0 aliphatic carbocycles. The van der Waals surface area contributed by atoms with Crippen LogP contribution in [0.2, 0.25) is 0 Å². The number of amides is 3. The lowest BCUT2D eigenvalue weighted by molar-refractivity contribution is -0.126. The van der Waals surface area contributed by atoms with Gasteiger partial charge in [-0.3, -0.25) is 9.59 Å². The fourth-order valence-electron chi connectivity index (χ4n) is 2.94. The molecule has 0 bridgehead atoms. The molecule has 0 saturated carbocycles. The Morgan fingerprint density at radius 2 is 1.66 bits per heavy atom. The highest BCUT2D eigenvalue weighted by atomic mass is 16.6. The molecule has 0 spiro atoms. The topological polar surface area (TPSA) is 99.8 Å². The maximum Gasteiger partial charge on any atom is 0.410 e. The number of nitrogens with zero attached hydrogens (tertiary/aromatic N) is 1. The van der Waals surface area contributed by atoms with Crippen molar-refractivity contribution >= 4 is 23.6 Å². The second kappa shape index (κ2) is 14.5. The molecule has 0 radical (unpaired) electrons. The summed E-state index contributed by atoms with van der Waals surface area (Å²) in [4.78, 5) is 38.1. The van der Waals surface area contributed by atoms with Crippen LogP contribution in [0, 0.1) is 5.92 Å². The van der Waals surface area contributed by atoms with Crippen molar-refractivity contribution in [2.75, 3.05) is 26.0 Å². The number of hydrogen-bond acceptors (Lipinski definition) is 5. The summed E-state index contributed by atoms with van der Waals surface area (Å²) in [6.07, 6.45) is 2.86. The molecule has 0 heterocycles. The molecule has 3 N–H and O–H groups in total. The van der Waals surface area contributed by atoms with Gasteiger partial charge in [-0.2, -0.15) is 0 Å². The van der Waals surface area contributed by atoms with Crippen LogP contribution in [-0.2, 0) is 20.9 Å². The molecular formula is C24H40N4O4. The fourth-order valence-corrected chi connectivity index (χ4v) is 2.94. The number of ether oxygens (including phenoxy) is 1. The van der Waals surface area contributed by atoms with Gasteiger partial charge in [0.15, 0.2) is 0 Å². The molecule has 0 aliphatic heterocycles. The summed E-state index contributed by atoms with van der Waals surface area (Å²) >= 11 is 0. The molecule has 180 valence electrons. The van der Waals surface area contributed by atoms with Crippen LogP contribution in [0.1, 0.15) is 58.9 Å². The maximum atomic E-state index is 12.3. The van der Waals surface area contributed by atoms with Crippen molar-refractivity contribution in [2.45, 2.75) is 72.1 Å². The molecule has 0 aromatic heterocycles. The highest BCUT2D eigenvalue weighted by Gasteiger charge is 2.20. The van der Waals surface area contributed by atoms with E-state index in [0.29, 0.717) is 18.0 Å². The fraction of sp³-hybridized carbons (Fsp3) is 0.625. The van der Waals surface area contributed by atoms with Gasteiger partial charge in [-0.15, -0.1) is 0 Å². The third kappa shape index (κ3) is 10.1. The molecule has 1 aromatic carbocycles. The van der Waals surface area contributed by atoms with E-state index in [-0.39, 0.29) is 30.6 Å². The Morgan fingerprint density at radius 1 is 1.00 bits per heavy atom. The molecule has 1 rings (SSSR count). The van der Waals surface area contributed by atoms with E-state index in [1.165, 1.54) is 0 Å². The van der Waals surface area contributed by atoms with Crippen LogP contribution in [0.3, 0.4) is 0 Å². The summed E-state index contributed by atoms with van der Waals surface area (Å²) < 4.78 is 5.37. The summed E-state index contributed by atoms with van der Waals surface area (Å²) in [7, 11) is 3.64. The van der Waals surface area contributed by atoms with Crippen molar-refractivity contribution in [3.63, 3.8) is 0 Å². The zero-order chi connectivity index (χ0) is 24.1. The number of benzene rings is 1. The van der Waals surface area contributed by atoms with Crippen molar-refractivity contribution < 1.29 is 19.1 Å². The lowest BCUT2D eigenvalue weighted by atomic mass is 10.1. The van der Waals surface area contributed by atoms with Crippen LogP contribution in [0.5, 0.6) is 0 Å². The van der Waals surface area contributed by atoms with Gasteiger partial charge in [0, 0.05) is 25.2 Å². The zero-order valence-corrected chi connectivity index (χ0v) is 20.4. The zero-order valence-electron chi connectivity index (χ0n) is 20.4. The van der Waals surface area contributed by atoms with Gasteiger partial charge in [0.2, 0.25) is 11.8 Å². The number of carbonyl (C=O) groups excluding carboxylic acids is 3. The normalized spacial score (nSPS) is 12.7. The number of carbonyl (C=O) groups is 3. The monoisotopic (exact) mass is 448 g/mol. The summed E-state index contributed by atoms with van der Waals surface area (Å²) in [5.74, 6) is -0.0611. The molecular weight excluding hydrogens is 408 g/mol. The first kappa shape index (κ1) is 27.4. The molecule has 8 nitrogen and oxygen atoms in total. The number of nitrogens with one attached hydrogen (secondary N) is 3. The van der Waals surface area contributed by atoms with E-state index in [1.807, 2.05) is 14.0 Å². The molecule has 0 fully saturated rings. The molecule has 0 aliphatic rings. The van der Waals surface area contributed by atoms with Gasteiger partial charge in [0.1, 0.15) is 12.6 Å². The molecule has 3 amide bonds. The third-order valence-electron chi connectivity index (χ3n) is 5.55. The first-order valence-corrected chi connectivity index (χ1v) is 11.4. The van der Waals surface area contributed by atoms with E-state index >= 15 is 0 Å². The standard InChI is InChI=1S/C24H40N4O4/c1-17(2)19(4)28(6)24(31)32-16-20-11-13-21(14-12-20)27-23(30)18(3)26-22(29)10-8-7-9-15-25-5/h11-14,17-19,25H,7-10,15-16H2,1-6H3,(H,26,29)(H,27,30)/t18-,19?/m0/s1. The van der Waals surface area contributed by atoms with Crippen LogP contribution >= 0.6 is 0 Å². The number of unbranched alkanes of at least 4 members (excludes halogenated alkanes) is 2. The second-order valence-electron chi connectivity index (χ2n) is 8.54. The SMILES string of the molecule is CNCCCCCC(=O)N[C@@H](C)C(=O)Nc1ccc(COC(=O)N(C)C(C)C(C)C)cc1. The Morgan fingerprint density at radius 3 is 2.25 bits per heavy atom. The first-order chi connectivity index (χ1) is 15.1. The Kier molecular flexibility index (Phi) is 12.4. The van der Waals surface area contributed by atoms with Crippen LogP contribution in [0.15, 0.2) is 24.3 Å². The van der Waals surface area contributed by atoms with E-state index in [2.05, 4.69) is 29.8 Å². The first-order valence-electron chi connectivity index (χ1n) is 11.4. The van der Waals surface area contributed by atoms with Gasteiger partial charge in [-0.05, 0) is 63.9 Å². The largest absolute Gasteiger partial charge is 0.445 e. The number of rotatable bonds is 13. The van der Waals surface area contributed by atoms with Crippen molar-refractivity contribution in [3.05, 3.63) is 29.8 Å². The molecule has 1 aromatic rings. The quantitative estimate of drug-likeness (QED) is 0.401. The summed E-state index contributed by atoms with van der Waals surface area (Å²) in [6, 6.07) is 6.54. The van der Waals surface area contributed by atoms with Crippen molar-refractivity contribution in [1.29, 1.82) is 0 Å². The van der Waals surface area contributed by atoms with Gasteiger partial charge < -0.3 is 25.6 Å².